The van der Waals surface area contributed by atoms with Gasteiger partial charge in [-0.1, -0.05) is 35.9 Å². The highest BCUT2D eigenvalue weighted by Gasteiger charge is 2.31. The summed E-state index contributed by atoms with van der Waals surface area (Å²) in [7, 11) is 0. The van der Waals surface area contributed by atoms with Crippen LogP contribution < -0.4 is 15.4 Å². The molecule has 1 aromatic heterocycles. The lowest BCUT2D eigenvalue weighted by molar-refractivity contribution is -0.274. The number of nitrogens with zero attached hydrogens (tertiary/aromatic N) is 1. The van der Waals surface area contributed by atoms with E-state index in [-0.39, 0.29) is 30.7 Å². The normalized spacial score (nSPS) is 12.0. The number of aliphatic carboxylic acids is 1. The van der Waals surface area contributed by atoms with Crippen LogP contribution in [-0.4, -0.2) is 34.9 Å². The maximum absolute atomic E-state index is 12.4. The summed E-state index contributed by atoms with van der Waals surface area (Å²) in [5, 5.41) is 17.6. The Kier molecular flexibility index (Phi) is 8.72. The molecule has 1 atom stereocenters. The van der Waals surface area contributed by atoms with Crippen LogP contribution in [0.2, 0.25) is 5.02 Å². The SMILES string of the molecule is O=C(O)CCNC(=O)c1ccc(C(Nc2nc(-c3ccc(OC(F)(F)F)cc3)cs2)c2ccc(Cl)cc2)cc1. The van der Waals surface area contributed by atoms with E-state index in [1.54, 1.807) is 41.8 Å². The van der Waals surface area contributed by atoms with E-state index in [1.807, 2.05) is 12.1 Å². The Hall–Kier alpha value is -4.09. The first-order valence-corrected chi connectivity index (χ1v) is 12.8. The predicted octanol–water partition coefficient (Wildman–Crippen LogP) is 6.77. The molecule has 0 radical (unpaired) electrons. The maximum atomic E-state index is 12.4. The van der Waals surface area contributed by atoms with Crippen LogP contribution in [-0.2, 0) is 4.79 Å². The average molecular weight is 576 g/mol. The fourth-order valence-corrected chi connectivity index (χ4v) is 4.52. The van der Waals surface area contributed by atoms with E-state index in [2.05, 4.69) is 20.4 Å². The molecule has 3 N–H and O–H groups in total. The van der Waals surface area contributed by atoms with Gasteiger partial charge in [-0.15, -0.1) is 24.5 Å². The molecule has 0 saturated carbocycles. The quantitative estimate of drug-likeness (QED) is 0.193. The molecular formula is C27H21ClF3N3O4S. The van der Waals surface area contributed by atoms with Crippen LogP contribution in [0.25, 0.3) is 11.3 Å². The molecule has 0 aliphatic heterocycles. The van der Waals surface area contributed by atoms with E-state index in [0.29, 0.717) is 27.0 Å². The number of carboxylic acid groups (broad SMARTS) is 1. The third kappa shape index (κ3) is 7.95. The van der Waals surface area contributed by atoms with Gasteiger partial charge < -0.3 is 20.5 Å². The summed E-state index contributed by atoms with van der Waals surface area (Å²) in [6.45, 7) is 0.0231. The second-order valence-electron chi connectivity index (χ2n) is 8.26. The minimum atomic E-state index is -4.77. The van der Waals surface area contributed by atoms with Gasteiger partial charge in [0.25, 0.3) is 5.91 Å². The lowest BCUT2D eigenvalue weighted by Gasteiger charge is -2.20. The zero-order chi connectivity index (χ0) is 28.0. The first kappa shape index (κ1) is 27.9. The Morgan fingerprint density at radius 2 is 1.59 bits per heavy atom. The molecule has 0 bridgehead atoms. The Bertz CT molecular complexity index is 1430. The van der Waals surface area contributed by atoms with Crippen molar-refractivity contribution in [2.24, 2.45) is 0 Å². The zero-order valence-electron chi connectivity index (χ0n) is 20.0. The summed E-state index contributed by atoms with van der Waals surface area (Å²) in [4.78, 5) is 27.6. The van der Waals surface area contributed by atoms with E-state index in [1.165, 1.54) is 35.6 Å². The van der Waals surface area contributed by atoms with Crippen molar-refractivity contribution in [2.75, 3.05) is 11.9 Å². The number of anilines is 1. The predicted molar refractivity (Wildman–Crippen MR) is 142 cm³/mol. The highest BCUT2D eigenvalue weighted by molar-refractivity contribution is 7.14. The van der Waals surface area contributed by atoms with E-state index < -0.39 is 12.3 Å². The molecule has 202 valence electrons. The fourth-order valence-electron chi connectivity index (χ4n) is 3.65. The van der Waals surface area contributed by atoms with Gasteiger partial charge in [-0.2, -0.15) is 0 Å². The van der Waals surface area contributed by atoms with Crippen molar-refractivity contribution in [3.8, 4) is 17.0 Å². The smallest absolute Gasteiger partial charge is 0.481 e. The van der Waals surface area contributed by atoms with E-state index in [9.17, 15) is 22.8 Å². The van der Waals surface area contributed by atoms with E-state index in [4.69, 9.17) is 16.7 Å². The van der Waals surface area contributed by atoms with Gasteiger partial charge in [0, 0.05) is 28.1 Å². The lowest BCUT2D eigenvalue weighted by atomic mass is 9.97. The van der Waals surface area contributed by atoms with Gasteiger partial charge >= 0.3 is 12.3 Å². The van der Waals surface area contributed by atoms with Crippen LogP contribution in [0.1, 0.15) is 33.9 Å². The molecule has 0 aliphatic rings. The Balaban J connectivity index is 1.53. The summed E-state index contributed by atoms with van der Waals surface area (Å²) in [5.74, 6) is -1.70. The van der Waals surface area contributed by atoms with Crippen molar-refractivity contribution in [1.29, 1.82) is 0 Å². The van der Waals surface area contributed by atoms with Crippen molar-refractivity contribution >= 4 is 39.9 Å². The maximum Gasteiger partial charge on any atom is 0.573 e. The van der Waals surface area contributed by atoms with Gasteiger partial charge in [0.15, 0.2) is 5.13 Å². The van der Waals surface area contributed by atoms with Gasteiger partial charge in [0.1, 0.15) is 5.75 Å². The van der Waals surface area contributed by atoms with Gasteiger partial charge in [0.05, 0.1) is 18.2 Å². The highest BCUT2D eigenvalue weighted by Crippen LogP contribution is 2.33. The standard InChI is InChI=1S/C27H21ClF3N3O4S/c28-20-9-5-18(6-10-20)24(17-1-3-19(4-2-17)25(37)32-14-13-23(35)36)34-26-33-22(15-39-26)16-7-11-21(12-8-16)38-27(29,30)31/h1-12,15,24H,13-14H2,(H,32,37)(H,33,34)(H,35,36). The van der Waals surface area contributed by atoms with Gasteiger partial charge in [-0.3, -0.25) is 9.59 Å². The number of hydrogen-bond acceptors (Lipinski definition) is 6. The molecule has 12 heteroatoms. The number of thiazole rings is 1. The van der Waals surface area contributed by atoms with Gasteiger partial charge in [-0.05, 0) is 59.7 Å². The van der Waals surface area contributed by atoms with Gasteiger partial charge in [-0.25, -0.2) is 4.98 Å². The van der Waals surface area contributed by atoms with Crippen molar-refractivity contribution in [3.63, 3.8) is 0 Å². The molecule has 39 heavy (non-hydrogen) atoms. The topological polar surface area (TPSA) is 101 Å². The summed E-state index contributed by atoms with van der Waals surface area (Å²) < 4.78 is 41.2. The van der Waals surface area contributed by atoms with Crippen molar-refractivity contribution in [2.45, 2.75) is 18.8 Å². The third-order valence-corrected chi connectivity index (χ3v) is 6.52. The first-order valence-electron chi connectivity index (χ1n) is 11.5. The largest absolute Gasteiger partial charge is 0.573 e. The number of carbonyl (C=O) groups excluding carboxylic acids is 1. The molecule has 7 nitrogen and oxygen atoms in total. The summed E-state index contributed by atoms with van der Waals surface area (Å²) in [5.41, 5.74) is 3.28. The molecule has 1 heterocycles. The molecular weight excluding hydrogens is 555 g/mol. The number of nitrogens with one attached hydrogen (secondary N) is 2. The van der Waals surface area contributed by atoms with Crippen LogP contribution in [0.4, 0.5) is 18.3 Å². The zero-order valence-corrected chi connectivity index (χ0v) is 21.6. The minimum Gasteiger partial charge on any atom is -0.481 e. The fraction of sp³-hybridized carbons (Fsp3) is 0.148. The van der Waals surface area contributed by atoms with E-state index in [0.717, 1.165) is 11.1 Å². The summed E-state index contributed by atoms with van der Waals surface area (Å²) >= 11 is 7.40. The Labute approximate surface area is 230 Å². The highest BCUT2D eigenvalue weighted by atomic mass is 35.5. The molecule has 0 fully saturated rings. The number of amides is 1. The monoisotopic (exact) mass is 575 g/mol. The molecule has 0 aliphatic carbocycles. The molecule has 0 spiro atoms. The Morgan fingerprint density at radius 1 is 0.974 bits per heavy atom. The van der Waals surface area contributed by atoms with Crippen LogP contribution >= 0.6 is 22.9 Å². The Morgan fingerprint density at radius 3 is 2.18 bits per heavy atom. The number of aromatic nitrogens is 1. The second-order valence-corrected chi connectivity index (χ2v) is 9.56. The van der Waals surface area contributed by atoms with E-state index >= 15 is 0 Å². The molecule has 1 amide bonds. The van der Waals surface area contributed by atoms with Gasteiger partial charge in [0.2, 0.25) is 0 Å². The number of hydrogen-bond donors (Lipinski definition) is 3. The minimum absolute atomic E-state index is 0.0231. The molecule has 3 aromatic carbocycles. The number of alkyl halides is 3. The number of carbonyl (C=O) groups is 2. The number of ether oxygens (including phenoxy) is 1. The summed E-state index contributed by atoms with van der Waals surface area (Å²) in [6.07, 6.45) is -4.94. The van der Waals surface area contributed by atoms with Crippen molar-refractivity contribution in [1.82, 2.24) is 10.3 Å². The second kappa shape index (κ2) is 12.2. The van der Waals surface area contributed by atoms with Crippen molar-refractivity contribution < 1.29 is 32.6 Å². The third-order valence-electron chi connectivity index (χ3n) is 5.49. The van der Waals surface area contributed by atoms with Crippen LogP contribution in [0.15, 0.2) is 78.2 Å². The molecule has 4 rings (SSSR count). The van der Waals surface area contributed by atoms with Crippen LogP contribution in [0, 0.1) is 0 Å². The first-order chi connectivity index (χ1) is 18.6. The van der Waals surface area contributed by atoms with Crippen LogP contribution in [0.5, 0.6) is 5.75 Å². The molecule has 4 aromatic rings. The number of carboxylic acids is 1. The lowest BCUT2D eigenvalue weighted by Crippen LogP contribution is -2.26. The molecule has 0 saturated heterocycles. The molecule has 1 unspecified atom stereocenters. The average Bonchev–Trinajstić information content (AvgIpc) is 3.36. The number of benzene rings is 3. The number of halogens is 4. The van der Waals surface area contributed by atoms with Crippen molar-refractivity contribution in [3.05, 3.63) is 99.9 Å². The number of rotatable bonds is 10. The summed E-state index contributed by atoms with van der Waals surface area (Å²) in [6, 6.07) is 19.2. The van der Waals surface area contributed by atoms with Crippen LogP contribution in [0.3, 0.4) is 0 Å².